The SMILES string of the molecule is Cc1nc(C(=O)NCCNC(=O)C2CCCCC2)nn1-c1ccccc1C(C)C. The predicted octanol–water partition coefficient (Wildman–Crippen LogP) is 3.13. The summed E-state index contributed by atoms with van der Waals surface area (Å²) in [6.07, 6.45) is 5.42. The second-order valence-electron chi connectivity index (χ2n) is 7.99. The van der Waals surface area contributed by atoms with E-state index in [4.69, 9.17) is 0 Å². The fourth-order valence-corrected chi connectivity index (χ4v) is 3.83. The molecule has 1 saturated carbocycles. The molecule has 0 radical (unpaired) electrons. The maximum Gasteiger partial charge on any atom is 0.291 e. The normalized spacial score (nSPS) is 14.8. The summed E-state index contributed by atoms with van der Waals surface area (Å²) in [5.41, 5.74) is 2.09. The Hall–Kier alpha value is -2.70. The highest BCUT2D eigenvalue weighted by atomic mass is 16.2. The van der Waals surface area contributed by atoms with Gasteiger partial charge in [-0.2, -0.15) is 0 Å². The molecule has 0 atom stereocenters. The van der Waals surface area contributed by atoms with Crippen LogP contribution in [0.5, 0.6) is 0 Å². The number of amides is 2. The minimum Gasteiger partial charge on any atom is -0.354 e. The number of benzene rings is 1. The van der Waals surface area contributed by atoms with E-state index in [0.29, 0.717) is 24.8 Å². The zero-order valence-corrected chi connectivity index (χ0v) is 17.6. The summed E-state index contributed by atoms with van der Waals surface area (Å²) in [7, 11) is 0. The Balaban J connectivity index is 1.56. The Labute approximate surface area is 172 Å². The maximum atomic E-state index is 12.4. The molecule has 0 saturated heterocycles. The number of hydrogen-bond acceptors (Lipinski definition) is 4. The molecule has 156 valence electrons. The van der Waals surface area contributed by atoms with Crippen LogP contribution >= 0.6 is 0 Å². The average molecular weight is 398 g/mol. The van der Waals surface area contributed by atoms with Gasteiger partial charge < -0.3 is 10.6 Å². The zero-order valence-electron chi connectivity index (χ0n) is 17.6. The molecule has 0 spiro atoms. The number of carbonyl (C=O) groups excluding carboxylic acids is 2. The molecule has 0 aliphatic heterocycles. The lowest BCUT2D eigenvalue weighted by Gasteiger charge is -2.20. The third-order valence-corrected chi connectivity index (χ3v) is 5.44. The first-order valence-corrected chi connectivity index (χ1v) is 10.6. The van der Waals surface area contributed by atoms with Crippen molar-refractivity contribution in [2.75, 3.05) is 13.1 Å². The van der Waals surface area contributed by atoms with E-state index in [1.54, 1.807) is 4.68 Å². The molecular formula is C22H31N5O2. The van der Waals surface area contributed by atoms with E-state index in [-0.39, 0.29) is 23.6 Å². The van der Waals surface area contributed by atoms with Crippen LogP contribution in [0.3, 0.4) is 0 Å². The molecule has 0 unspecified atom stereocenters. The highest BCUT2D eigenvalue weighted by Gasteiger charge is 2.21. The summed E-state index contributed by atoms with van der Waals surface area (Å²) in [4.78, 5) is 28.9. The van der Waals surface area contributed by atoms with Gasteiger partial charge in [0.05, 0.1) is 5.69 Å². The number of aryl methyl sites for hydroxylation is 1. The smallest absolute Gasteiger partial charge is 0.291 e. The summed E-state index contributed by atoms with van der Waals surface area (Å²) in [6, 6.07) is 8.01. The van der Waals surface area contributed by atoms with Crippen molar-refractivity contribution in [1.29, 1.82) is 0 Å². The van der Waals surface area contributed by atoms with Crippen LogP contribution in [0.25, 0.3) is 5.69 Å². The van der Waals surface area contributed by atoms with Crippen molar-refractivity contribution in [2.24, 2.45) is 5.92 Å². The van der Waals surface area contributed by atoms with Crippen LogP contribution in [-0.2, 0) is 4.79 Å². The van der Waals surface area contributed by atoms with Gasteiger partial charge in [-0.1, -0.05) is 51.3 Å². The standard InChI is InChI=1S/C22H31N5O2/c1-15(2)18-11-7-8-12-19(18)27-16(3)25-20(26-27)22(29)24-14-13-23-21(28)17-9-5-4-6-10-17/h7-8,11-12,15,17H,4-6,9-10,13-14H2,1-3H3,(H,23,28)(H,24,29). The Bertz CT molecular complexity index is 853. The van der Waals surface area contributed by atoms with Crippen molar-refractivity contribution in [3.8, 4) is 5.69 Å². The third-order valence-electron chi connectivity index (χ3n) is 5.44. The van der Waals surface area contributed by atoms with E-state index in [1.165, 1.54) is 6.42 Å². The Kier molecular flexibility index (Phi) is 7.01. The van der Waals surface area contributed by atoms with Crippen LogP contribution in [-0.4, -0.2) is 39.7 Å². The maximum absolute atomic E-state index is 12.4. The first kappa shape index (κ1) is 21.0. The lowest BCUT2D eigenvalue weighted by molar-refractivity contribution is -0.125. The van der Waals surface area contributed by atoms with Crippen molar-refractivity contribution < 1.29 is 9.59 Å². The topological polar surface area (TPSA) is 88.9 Å². The lowest BCUT2D eigenvalue weighted by Crippen LogP contribution is -2.38. The molecule has 0 bridgehead atoms. The zero-order chi connectivity index (χ0) is 20.8. The van der Waals surface area contributed by atoms with Crippen LogP contribution in [0.15, 0.2) is 24.3 Å². The molecule has 1 heterocycles. The first-order valence-electron chi connectivity index (χ1n) is 10.6. The van der Waals surface area contributed by atoms with Gasteiger partial charge in [0.15, 0.2) is 0 Å². The summed E-state index contributed by atoms with van der Waals surface area (Å²) < 4.78 is 1.72. The highest BCUT2D eigenvalue weighted by Crippen LogP contribution is 2.24. The van der Waals surface area contributed by atoms with Crippen molar-refractivity contribution in [3.05, 3.63) is 41.5 Å². The monoisotopic (exact) mass is 397 g/mol. The van der Waals surface area contributed by atoms with E-state index in [9.17, 15) is 9.59 Å². The van der Waals surface area contributed by atoms with Gasteiger partial charge in [-0.25, -0.2) is 9.67 Å². The van der Waals surface area contributed by atoms with E-state index in [0.717, 1.165) is 36.9 Å². The van der Waals surface area contributed by atoms with E-state index in [2.05, 4.69) is 40.6 Å². The Morgan fingerprint density at radius 3 is 2.52 bits per heavy atom. The number of carbonyl (C=O) groups is 2. The molecule has 2 N–H and O–H groups in total. The number of hydrogen-bond donors (Lipinski definition) is 2. The number of nitrogens with zero attached hydrogens (tertiary/aromatic N) is 3. The fourth-order valence-electron chi connectivity index (χ4n) is 3.83. The van der Waals surface area contributed by atoms with Gasteiger partial charge in [0.1, 0.15) is 5.82 Å². The van der Waals surface area contributed by atoms with Gasteiger partial charge in [-0.15, -0.1) is 5.10 Å². The summed E-state index contributed by atoms with van der Waals surface area (Å²) in [5.74, 6) is 1.03. The molecule has 1 aromatic carbocycles. The van der Waals surface area contributed by atoms with Gasteiger partial charge in [-0.3, -0.25) is 9.59 Å². The second kappa shape index (κ2) is 9.67. The van der Waals surface area contributed by atoms with Gasteiger partial charge in [0, 0.05) is 19.0 Å². The molecule has 7 heteroatoms. The van der Waals surface area contributed by atoms with E-state index < -0.39 is 0 Å². The van der Waals surface area contributed by atoms with Crippen molar-refractivity contribution in [2.45, 2.75) is 58.8 Å². The lowest BCUT2D eigenvalue weighted by atomic mass is 9.89. The highest BCUT2D eigenvalue weighted by molar-refractivity contribution is 5.90. The summed E-state index contributed by atoms with van der Waals surface area (Å²) in [6.45, 7) is 6.86. The van der Waals surface area contributed by atoms with Crippen molar-refractivity contribution >= 4 is 11.8 Å². The van der Waals surface area contributed by atoms with Crippen molar-refractivity contribution in [1.82, 2.24) is 25.4 Å². The molecule has 29 heavy (non-hydrogen) atoms. The van der Waals surface area contributed by atoms with Crippen molar-refractivity contribution in [3.63, 3.8) is 0 Å². The molecule has 3 rings (SSSR count). The largest absolute Gasteiger partial charge is 0.354 e. The Morgan fingerprint density at radius 2 is 1.79 bits per heavy atom. The van der Waals surface area contributed by atoms with Crippen LogP contribution in [0, 0.1) is 12.8 Å². The summed E-state index contributed by atoms with van der Waals surface area (Å²) >= 11 is 0. The molecule has 1 aliphatic rings. The van der Waals surface area contributed by atoms with E-state index >= 15 is 0 Å². The minimum atomic E-state index is -0.333. The number of nitrogens with one attached hydrogen (secondary N) is 2. The average Bonchev–Trinajstić information content (AvgIpc) is 3.13. The minimum absolute atomic E-state index is 0.0995. The quantitative estimate of drug-likeness (QED) is 0.703. The number of para-hydroxylation sites is 1. The third kappa shape index (κ3) is 5.22. The molecule has 2 amide bonds. The predicted molar refractivity (Wildman–Crippen MR) is 112 cm³/mol. The summed E-state index contributed by atoms with van der Waals surface area (Å²) in [5, 5.41) is 10.1. The molecule has 2 aromatic rings. The molecule has 1 fully saturated rings. The van der Waals surface area contributed by atoms with Crippen LogP contribution in [0.4, 0.5) is 0 Å². The fraction of sp³-hybridized carbons (Fsp3) is 0.545. The molecular weight excluding hydrogens is 366 g/mol. The molecule has 1 aromatic heterocycles. The number of aromatic nitrogens is 3. The molecule has 1 aliphatic carbocycles. The van der Waals surface area contributed by atoms with Crippen LogP contribution in [0.2, 0.25) is 0 Å². The van der Waals surface area contributed by atoms with Gasteiger partial charge in [0.25, 0.3) is 5.91 Å². The number of rotatable bonds is 7. The Morgan fingerprint density at radius 1 is 1.10 bits per heavy atom. The van der Waals surface area contributed by atoms with Gasteiger partial charge in [-0.05, 0) is 37.3 Å². The van der Waals surface area contributed by atoms with Crippen LogP contribution < -0.4 is 10.6 Å². The first-order chi connectivity index (χ1) is 14.0. The van der Waals surface area contributed by atoms with Gasteiger partial charge in [0.2, 0.25) is 11.7 Å². The van der Waals surface area contributed by atoms with Gasteiger partial charge >= 0.3 is 0 Å². The molecule has 7 nitrogen and oxygen atoms in total. The second-order valence-corrected chi connectivity index (χ2v) is 7.99. The van der Waals surface area contributed by atoms with Crippen LogP contribution in [0.1, 0.15) is 73.9 Å². The van der Waals surface area contributed by atoms with E-state index in [1.807, 2.05) is 25.1 Å².